The van der Waals surface area contributed by atoms with Crippen LogP contribution in [0.5, 0.6) is 5.75 Å². The summed E-state index contributed by atoms with van der Waals surface area (Å²) in [6, 6.07) is 13.5. The van der Waals surface area contributed by atoms with Gasteiger partial charge < -0.3 is 4.74 Å². The van der Waals surface area contributed by atoms with Gasteiger partial charge in [-0.15, -0.1) is 24.9 Å². The van der Waals surface area contributed by atoms with E-state index in [9.17, 15) is 13.2 Å². The second-order valence-corrected chi connectivity index (χ2v) is 4.62. The van der Waals surface area contributed by atoms with Gasteiger partial charge in [-0.05, 0) is 35.6 Å². The molecule has 0 amide bonds. The molecule has 0 unspecified atom stereocenters. The van der Waals surface area contributed by atoms with Crippen molar-refractivity contribution in [2.24, 2.45) is 0 Å². The maximum Gasteiger partial charge on any atom is 0.573 e. The highest BCUT2D eigenvalue weighted by Crippen LogP contribution is 2.33. The highest BCUT2D eigenvalue weighted by atomic mass is 32.2. The molecule has 2 aromatic rings. The van der Waals surface area contributed by atoms with Crippen LogP contribution in [0.1, 0.15) is 0 Å². The van der Waals surface area contributed by atoms with Crippen molar-refractivity contribution in [1.82, 2.24) is 0 Å². The number of alkyl halides is 3. The summed E-state index contributed by atoms with van der Waals surface area (Å²) in [5.41, 5.74) is 1.59. The fourth-order valence-electron chi connectivity index (χ4n) is 1.74. The van der Waals surface area contributed by atoms with Crippen molar-refractivity contribution in [2.75, 3.05) is 6.26 Å². The van der Waals surface area contributed by atoms with Gasteiger partial charge in [0.1, 0.15) is 5.75 Å². The summed E-state index contributed by atoms with van der Waals surface area (Å²) in [5, 5.41) is 0. The van der Waals surface area contributed by atoms with Crippen molar-refractivity contribution < 1.29 is 17.9 Å². The average Bonchev–Trinajstić information content (AvgIpc) is 2.37. The van der Waals surface area contributed by atoms with Crippen molar-refractivity contribution in [1.29, 1.82) is 0 Å². The third-order valence-corrected chi connectivity index (χ3v) is 3.28. The zero-order valence-corrected chi connectivity index (χ0v) is 10.9. The van der Waals surface area contributed by atoms with Crippen LogP contribution in [0.3, 0.4) is 0 Å². The molecule has 0 aliphatic carbocycles. The van der Waals surface area contributed by atoms with Gasteiger partial charge in [-0.25, -0.2) is 0 Å². The smallest absolute Gasteiger partial charge is 0.406 e. The van der Waals surface area contributed by atoms with Crippen LogP contribution in [0.25, 0.3) is 11.1 Å². The molecule has 0 atom stereocenters. The lowest BCUT2D eigenvalue weighted by Crippen LogP contribution is -2.17. The van der Waals surface area contributed by atoms with Crippen molar-refractivity contribution in [3.8, 4) is 16.9 Å². The van der Waals surface area contributed by atoms with E-state index >= 15 is 0 Å². The molecule has 100 valence electrons. The minimum Gasteiger partial charge on any atom is -0.406 e. The predicted octanol–water partition coefficient (Wildman–Crippen LogP) is 4.97. The largest absolute Gasteiger partial charge is 0.573 e. The van der Waals surface area contributed by atoms with Gasteiger partial charge >= 0.3 is 6.36 Å². The van der Waals surface area contributed by atoms with Crippen LogP contribution < -0.4 is 4.74 Å². The summed E-state index contributed by atoms with van der Waals surface area (Å²) in [4.78, 5) is 1.01. The summed E-state index contributed by atoms with van der Waals surface area (Å²) in [6.45, 7) is 0. The molecule has 0 aliphatic heterocycles. The first-order valence-electron chi connectivity index (χ1n) is 5.49. The summed E-state index contributed by atoms with van der Waals surface area (Å²) in [7, 11) is 0. The molecule has 0 N–H and O–H groups in total. The molecule has 0 bridgehead atoms. The Morgan fingerprint density at radius 1 is 1.00 bits per heavy atom. The van der Waals surface area contributed by atoms with E-state index in [4.69, 9.17) is 0 Å². The van der Waals surface area contributed by atoms with Crippen molar-refractivity contribution in [3.63, 3.8) is 0 Å². The molecule has 0 aromatic heterocycles. The lowest BCUT2D eigenvalue weighted by Gasteiger charge is -2.11. The van der Waals surface area contributed by atoms with Crippen molar-refractivity contribution in [2.45, 2.75) is 11.3 Å². The highest BCUT2D eigenvalue weighted by molar-refractivity contribution is 7.98. The van der Waals surface area contributed by atoms with Gasteiger partial charge in [-0.1, -0.05) is 30.3 Å². The first-order valence-corrected chi connectivity index (χ1v) is 6.71. The maximum absolute atomic E-state index is 12.2. The number of hydrogen-bond donors (Lipinski definition) is 0. The van der Waals surface area contributed by atoms with Crippen LogP contribution in [-0.4, -0.2) is 12.6 Å². The van der Waals surface area contributed by atoms with Gasteiger partial charge in [0.2, 0.25) is 0 Å². The number of thioether (sulfide) groups is 1. The minimum atomic E-state index is -4.67. The summed E-state index contributed by atoms with van der Waals surface area (Å²) in [5.74, 6) is -0.207. The topological polar surface area (TPSA) is 9.23 Å². The molecule has 0 spiro atoms. The molecule has 19 heavy (non-hydrogen) atoms. The number of benzene rings is 2. The average molecular weight is 284 g/mol. The fraction of sp³-hybridized carbons (Fsp3) is 0.143. The zero-order valence-electron chi connectivity index (χ0n) is 10.1. The van der Waals surface area contributed by atoms with Crippen LogP contribution >= 0.6 is 11.8 Å². The summed E-state index contributed by atoms with van der Waals surface area (Å²) < 4.78 is 40.5. The van der Waals surface area contributed by atoms with E-state index in [0.29, 0.717) is 5.56 Å². The van der Waals surface area contributed by atoms with Gasteiger partial charge in [0.15, 0.2) is 0 Å². The number of halogens is 3. The Balaban J connectivity index is 2.38. The van der Waals surface area contributed by atoms with E-state index < -0.39 is 6.36 Å². The first-order chi connectivity index (χ1) is 8.99. The van der Waals surface area contributed by atoms with Crippen LogP contribution in [0.2, 0.25) is 0 Å². The zero-order chi connectivity index (χ0) is 13.9. The normalized spacial score (nSPS) is 11.4. The van der Waals surface area contributed by atoms with Gasteiger partial charge in [-0.2, -0.15) is 0 Å². The predicted molar refractivity (Wildman–Crippen MR) is 70.3 cm³/mol. The second kappa shape index (κ2) is 5.57. The maximum atomic E-state index is 12.2. The van der Waals surface area contributed by atoms with E-state index in [0.717, 1.165) is 10.5 Å². The number of ether oxygens (including phenoxy) is 1. The Morgan fingerprint density at radius 3 is 2.42 bits per heavy atom. The Morgan fingerprint density at radius 2 is 1.74 bits per heavy atom. The fourth-order valence-corrected chi connectivity index (χ4v) is 2.36. The van der Waals surface area contributed by atoms with E-state index in [1.54, 1.807) is 23.9 Å². The van der Waals surface area contributed by atoms with E-state index in [1.807, 2.05) is 30.5 Å². The van der Waals surface area contributed by atoms with E-state index in [2.05, 4.69) is 4.74 Å². The monoisotopic (exact) mass is 284 g/mol. The lowest BCUT2D eigenvalue weighted by molar-refractivity contribution is -0.274. The Labute approximate surface area is 113 Å². The molecule has 2 rings (SSSR count). The SMILES string of the molecule is CSc1ccccc1-c1cccc(OC(F)(F)F)c1. The molecule has 0 radical (unpaired) electrons. The molecule has 0 saturated carbocycles. The molecular formula is C14H11F3OS. The Hall–Kier alpha value is -1.62. The van der Waals surface area contributed by atoms with E-state index in [-0.39, 0.29) is 5.75 Å². The summed E-state index contributed by atoms with van der Waals surface area (Å²) in [6.07, 6.45) is -2.74. The van der Waals surface area contributed by atoms with Crippen LogP contribution in [0.4, 0.5) is 13.2 Å². The third-order valence-electron chi connectivity index (χ3n) is 2.49. The van der Waals surface area contributed by atoms with Crippen molar-refractivity contribution in [3.05, 3.63) is 48.5 Å². The molecule has 0 fully saturated rings. The molecule has 0 saturated heterocycles. The van der Waals surface area contributed by atoms with E-state index in [1.165, 1.54) is 12.1 Å². The van der Waals surface area contributed by atoms with Gasteiger partial charge in [0.25, 0.3) is 0 Å². The van der Waals surface area contributed by atoms with Crippen LogP contribution in [0.15, 0.2) is 53.4 Å². The van der Waals surface area contributed by atoms with Crippen LogP contribution in [-0.2, 0) is 0 Å². The molecule has 0 aliphatic rings. The number of rotatable bonds is 3. The second-order valence-electron chi connectivity index (χ2n) is 3.78. The Bertz CT molecular complexity index is 567. The molecular weight excluding hydrogens is 273 g/mol. The number of hydrogen-bond acceptors (Lipinski definition) is 2. The quantitative estimate of drug-likeness (QED) is 0.736. The molecule has 2 aromatic carbocycles. The standard InChI is InChI=1S/C14H11F3OS/c1-19-13-8-3-2-7-12(13)10-5-4-6-11(9-10)18-14(15,16)17/h2-9H,1H3. The van der Waals surface area contributed by atoms with Crippen LogP contribution in [0, 0.1) is 0 Å². The van der Waals surface area contributed by atoms with Crippen molar-refractivity contribution >= 4 is 11.8 Å². The molecule has 0 heterocycles. The Kier molecular flexibility index (Phi) is 4.04. The highest BCUT2D eigenvalue weighted by Gasteiger charge is 2.31. The minimum absolute atomic E-state index is 0.207. The van der Waals surface area contributed by atoms with Gasteiger partial charge in [0.05, 0.1) is 0 Å². The third kappa shape index (κ3) is 3.67. The first kappa shape index (κ1) is 13.8. The molecule has 5 heteroatoms. The van der Waals surface area contributed by atoms with Gasteiger partial charge in [0, 0.05) is 4.90 Å². The lowest BCUT2D eigenvalue weighted by atomic mass is 10.1. The van der Waals surface area contributed by atoms with Gasteiger partial charge in [-0.3, -0.25) is 0 Å². The molecule has 1 nitrogen and oxygen atoms in total. The summed E-state index contributed by atoms with van der Waals surface area (Å²) >= 11 is 1.55.